The molecule has 4 rings (SSSR count). The number of rotatable bonds is 3. The van der Waals surface area contributed by atoms with Crippen molar-refractivity contribution in [2.24, 2.45) is 5.73 Å². The van der Waals surface area contributed by atoms with E-state index in [1.165, 1.54) is 27.9 Å². The van der Waals surface area contributed by atoms with Crippen LogP contribution in [0.15, 0.2) is 30.6 Å². The second kappa shape index (κ2) is 6.48. The first-order valence-corrected chi connectivity index (χ1v) is 9.01. The Morgan fingerprint density at radius 3 is 2.88 bits per heavy atom. The van der Waals surface area contributed by atoms with Gasteiger partial charge in [-0.1, -0.05) is 6.07 Å². The van der Waals surface area contributed by atoms with Crippen molar-refractivity contribution in [1.82, 2.24) is 4.98 Å². The van der Waals surface area contributed by atoms with Crippen molar-refractivity contribution < 1.29 is 4.79 Å². The third-order valence-electron chi connectivity index (χ3n) is 5.36. The van der Waals surface area contributed by atoms with Gasteiger partial charge in [0, 0.05) is 50.6 Å². The Morgan fingerprint density at radius 1 is 1.16 bits per heavy atom. The van der Waals surface area contributed by atoms with E-state index in [1.807, 2.05) is 19.4 Å². The molecule has 0 fully saturated rings. The van der Waals surface area contributed by atoms with Gasteiger partial charge in [0.25, 0.3) is 0 Å². The zero-order chi connectivity index (χ0) is 17.4. The van der Waals surface area contributed by atoms with Gasteiger partial charge in [-0.15, -0.1) is 0 Å². The average molecular weight is 336 g/mol. The van der Waals surface area contributed by atoms with Crippen LogP contribution in [0.5, 0.6) is 0 Å². The zero-order valence-corrected chi connectivity index (χ0v) is 14.7. The van der Waals surface area contributed by atoms with E-state index in [4.69, 9.17) is 5.73 Å². The fourth-order valence-electron chi connectivity index (χ4n) is 4.04. The molecule has 130 valence electrons. The van der Waals surface area contributed by atoms with Crippen LogP contribution in [0.4, 0.5) is 11.4 Å². The van der Waals surface area contributed by atoms with Gasteiger partial charge in [0.1, 0.15) is 0 Å². The molecule has 0 atom stereocenters. The van der Waals surface area contributed by atoms with Crippen molar-refractivity contribution in [2.45, 2.75) is 25.7 Å². The summed E-state index contributed by atoms with van der Waals surface area (Å²) in [7, 11) is 1.86. The Morgan fingerprint density at radius 2 is 2.04 bits per heavy atom. The lowest BCUT2D eigenvalue weighted by Gasteiger charge is -2.32. The first kappa shape index (κ1) is 16.1. The summed E-state index contributed by atoms with van der Waals surface area (Å²) < 4.78 is 0. The molecule has 0 unspecified atom stereocenters. The number of aromatic nitrogens is 1. The van der Waals surface area contributed by atoms with Crippen molar-refractivity contribution >= 4 is 17.3 Å². The Labute approximate surface area is 148 Å². The fraction of sp³-hybridized carbons (Fsp3) is 0.400. The van der Waals surface area contributed by atoms with Crippen LogP contribution in [0.3, 0.4) is 0 Å². The minimum atomic E-state index is 0.191. The molecule has 5 nitrogen and oxygen atoms in total. The second-order valence-corrected chi connectivity index (χ2v) is 6.86. The maximum atomic E-state index is 11.9. The summed E-state index contributed by atoms with van der Waals surface area (Å²) in [4.78, 5) is 20.5. The molecular weight excluding hydrogens is 312 g/mol. The van der Waals surface area contributed by atoms with E-state index < -0.39 is 0 Å². The minimum Gasteiger partial charge on any atom is -0.369 e. The maximum absolute atomic E-state index is 11.9. The summed E-state index contributed by atoms with van der Waals surface area (Å²) in [5, 5.41) is 0. The first-order valence-electron chi connectivity index (χ1n) is 9.01. The number of fused-ring (bicyclic) bond motifs is 2. The predicted molar refractivity (Wildman–Crippen MR) is 101 cm³/mol. The number of nitrogens with two attached hydrogens (primary N) is 1. The largest absolute Gasteiger partial charge is 0.369 e. The Kier molecular flexibility index (Phi) is 4.17. The fourth-order valence-corrected chi connectivity index (χ4v) is 4.04. The predicted octanol–water partition coefficient (Wildman–Crippen LogP) is 2.37. The molecule has 1 aromatic heterocycles. The summed E-state index contributed by atoms with van der Waals surface area (Å²) in [6.45, 7) is 2.57. The highest BCUT2D eigenvalue weighted by atomic mass is 16.2. The average Bonchev–Trinajstić information content (AvgIpc) is 2.65. The summed E-state index contributed by atoms with van der Waals surface area (Å²) >= 11 is 0. The molecule has 2 N–H and O–H groups in total. The molecule has 25 heavy (non-hydrogen) atoms. The molecule has 0 spiro atoms. The molecular formula is C20H24N4O. The SMILES string of the molecule is CN1C(=O)CCc2cc(-c3cncc4c3CCCN4CCN)ccc21. The number of nitrogens with zero attached hydrogens (tertiary/aromatic N) is 3. The van der Waals surface area contributed by atoms with Crippen molar-refractivity contribution in [1.29, 1.82) is 0 Å². The Balaban J connectivity index is 1.76. The molecule has 0 saturated heterocycles. The standard InChI is InChI=1S/C20H24N4O/c1-23-18-6-4-14(11-15(18)5-7-20(23)25)17-12-22-13-19-16(17)3-2-9-24(19)10-8-21/h4,6,11-13H,2-3,5,7-10,21H2,1H3. The normalized spacial score (nSPS) is 16.6. The molecule has 0 aliphatic carbocycles. The number of amides is 1. The van der Waals surface area contributed by atoms with E-state index in [9.17, 15) is 4.79 Å². The van der Waals surface area contributed by atoms with Crippen LogP contribution in [-0.2, 0) is 17.6 Å². The molecule has 5 heteroatoms. The molecule has 0 radical (unpaired) electrons. The number of aryl methyl sites for hydroxylation is 1. The van der Waals surface area contributed by atoms with Gasteiger partial charge < -0.3 is 15.5 Å². The molecule has 2 aliphatic rings. The number of anilines is 2. The van der Waals surface area contributed by atoms with Gasteiger partial charge in [-0.3, -0.25) is 9.78 Å². The molecule has 1 amide bonds. The zero-order valence-electron chi connectivity index (χ0n) is 14.7. The van der Waals surface area contributed by atoms with Crippen LogP contribution in [0.2, 0.25) is 0 Å². The van der Waals surface area contributed by atoms with Crippen LogP contribution >= 0.6 is 0 Å². The van der Waals surface area contributed by atoms with Crippen molar-refractivity contribution in [3.05, 3.63) is 41.7 Å². The first-order chi connectivity index (χ1) is 12.2. The van der Waals surface area contributed by atoms with E-state index in [1.54, 1.807) is 4.90 Å². The number of carbonyl (C=O) groups is 1. The van der Waals surface area contributed by atoms with Crippen LogP contribution < -0.4 is 15.5 Å². The van der Waals surface area contributed by atoms with Gasteiger partial charge in [0.2, 0.25) is 5.91 Å². The lowest BCUT2D eigenvalue weighted by Crippen LogP contribution is -2.34. The Hall–Kier alpha value is -2.40. The quantitative estimate of drug-likeness (QED) is 0.935. The number of hydrogen-bond acceptors (Lipinski definition) is 4. The molecule has 2 aliphatic heterocycles. The van der Waals surface area contributed by atoms with Crippen LogP contribution in [-0.4, -0.2) is 37.6 Å². The number of pyridine rings is 1. The maximum Gasteiger partial charge on any atom is 0.227 e. The van der Waals surface area contributed by atoms with Crippen molar-refractivity contribution in [3.8, 4) is 11.1 Å². The van der Waals surface area contributed by atoms with Crippen LogP contribution in [0.25, 0.3) is 11.1 Å². The van der Waals surface area contributed by atoms with E-state index >= 15 is 0 Å². The summed E-state index contributed by atoms with van der Waals surface area (Å²) in [6, 6.07) is 6.42. The number of carbonyl (C=O) groups excluding carboxylic acids is 1. The van der Waals surface area contributed by atoms with Crippen molar-refractivity contribution in [3.63, 3.8) is 0 Å². The topological polar surface area (TPSA) is 62.5 Å². The summed E-state index contributed by atoms with van der Waals surface area (Å²) in [5.41, 5.74) is 13.0. The van der Waals surface area contributed by atoms with E-state index in [-0.39, 0.29) is 5.91 Å². The van der Waals surface area contributed by atoms with Gasteiger partial charge in [-0.05, 0) is 48.1 Å². The van der Waals surface area contributed by atoms with Gasteiger partial charge in [-0.2, -0.15) is 0 Å². The molecule has 1 aromatic carbocycles. The third-order valence-corrected chi connectivity index (χ3v) is 5.36. The lowest BCUT2D eigenvalue weighted by atomic mass is 9.91. The van der Waals surface area contributed by atoms with Crippen LogP contribution in [0, 0.1) is 0 Å². The number of benzene rings is 1. The van der Waals surface area contributed by atoms with Crippen molar-refractivity contribution in [2.75, 3.05) is 36.5 Å². The lowest BCUT2D eigenvalue weighted by molar-refractivity contribution is -0.118. The molecule has 3 heterocycles. The van der Waals surface area contributed by atoms with Gasteiger partial charge >= 0.3 is 0 Å². The third kappa shape index (κ3) is 2.78. The summed E-state index contributed by atoms with van der Waals surface area (Å²) in [5.74, 6) is 0.191. The highest BCUT2D eigenvalue weighted by molar-refractivity contribution is 5.96. The molecule has 2 aromatic rings. The second-order valence-electron chi connectivity index (χ2n) is 6.86. The van der Waals surface area contributed by atoms with Gasteiger partial charge in [-0.25, -0.2) is 0 Å². The minimum absolute atomic E-state index is 0.191. The van der Waals surface area contributed by atoms with Gasteiger partial charge in [0.05, 0.1) is 11.9 Å². The monoisotopic (exact) mass is 336 g/mol. The Bertz CT molecular complexity index is 817. The van der Waals surface area contributed by atoms with E-state index in [0.29, 0.717) is 13.0 Å². The highest BCUT2D eigenvalue weighted by Crippen LogP contribution is 2.37. The van der Waals surface area contributed by atoms with Crippen LogP contribution in [0.1, 0.15) is 24.0 Å². The van der Waals surface area contributed by atoms with Gasteiger partial charge in [0.15, 0.2) is 0 Å². The molecule has 0 bridgehead atoms. The molecule has 0 saturated carbocycles. The number of hydrogen-bond donors (Lipinski definition) is 1. The summed E-state index contributed by atoms with van der Waals surface area (Å²) in [6.07, 6.45) is 7.56. The highest BCUT2D eigenvalue weighted by Gasteiger charge is 2.23. The van der Waals surface area contributed by atoms with E-state index in [0.717, 1.165) is 38.0 Å². The smallest absolute Gasteiger partial charge is 0.227 e. The van der Waals surface area contributed by atoms with E-state index in [2.05, 4.69) is 28.1 Å².